The molecule has 0 saturated carbocycles. The van der Waals surface area contributed by atoms with Crippen molar-refractivity contribution in [3.63, 3.8) is 0 Å². The van der Waals surface area contributed by atoms with E-state index in [-0.39, 0.29) is 11.8 Å². The molecule has 0 bridgehead atoms. The number of carboxylic acid groups (broad SMARTS) is 1. The Morgan fingerprint density at radius 1 is 0.559 bits per heavy atom. The van der Waals surface area contributed by atoms with Gasteiger partial charge in [0.1, 0.15) is 0 Å². The quantitative estimate of drug-likeness (QED) is 0.125. The molecule has 34 heavy (non-hydrogen) atoms. The average Bonchev–Trinajstić information content (AvgIpc) is 2.80. The topological polar surface area (TPSA) is 37.3 Å². The Hall–Kier alpha value is -0.530. The number of carbonyl (C=O) groups is 1. The van der Waals surface area contributed by atoms with Crippen molar-refractivity contribution >= 4 is 5.97 Å². The first kappa shape index (κ1) is 33.5. The minimum Gasteiger partial charge on any atom is -0.481 e. The van der Waals surface area contributed by atoms with Crippen LogP contribution in [0.4, 0.5) is 0 Å². The smallest absolute Gasteiger partial charge is 0.310 e. The molecule has 0 aromatic carbocycles. The molecule has 0 amide bonds. The zero-order chi connectivity index (χ0) is 25.5. The zero-order valence-electron chi connectivity index (χ0n) is 24.3. The molecule has 204 valence electrons. The normalized spacial score (nSPS) is 14.4. The van der Waals surface area contributed by atoms with Crippen LogP contribution >= 0.6 is 0 Å². The lowest BCUT2D eigenvalue weighted by Crippen LogP contribution is -2.42. The van der Waals surface area contributed by atoms with Crippen LogP contribution in [0.1, 0.15) is 182 Å². The van der Waals surface area contributed by atoms with E-state index in [2.05, 4.69) is 34.6 Å². The second-order valence-corrected chi connectivity index (χ2v) is 11.7. The van der Waals surface area contributed by atoms with Gasteiger partial charge in [-0.3, -0.25) is 4.79 Å². The summed E-state index contributed by atoms with van der Waals surface area (Å²) >= 11 is 0. The standard InChI is InChI=1S/C32H64O2/c1-6-8-10-12-14-16-17-18-19-20-21-23-25-27-30(5)32(29(3)4,31(33)34)28-26-24-22-15-13-11-9-7-2/h29-30H,6-28H2,1-5H3,(H,33,34). The Kier molecular flexibility index (Phi) is 22.5. The average molecular weight is 481 g/mol. The van der Waals surface area contributed by atoms with E-state index < -0.39 is 11.4 Å². The Morgan fingerprint density at radius 3 is 1.21 bits per heavy atom. The summed E-state index contributed by atoms with van der Waals surface area (Å²) in [6.07, 6.45) is 29.9. The lowest BCUT2D eigenvalue weighted by molar-refractivity contribution is -0.157. The molecule has 0 radical (unpaired) electrons. The molecule has 2 atom stereocenters. The summed E-state index contributed by atoms with van der Waals surface area (Å²) in [6, 6.07) is 0. The van der Waals surface area contributed by atoms with Gasteiger partial charge in [-0.15, -0.1) is 0 Å². The second kappa shape index (κ2) is 22.9. The summed E-state index contributed by atoms with van der Waals surface area (Å²) in [7, 11) is 0. The highest BCUT2D eigenvalue weighted by molar-refractivity contribution is 5.75. The minimum atomic E-state index is -0.548. The number of aliphatic carboxylic acids is 1. The summed E-state index contributed by atoms with van der Waals surface area (Å²) in [5.41, 5.74) is -0.542. The van der Waals surface area contributed by atoms with Gasteiger partial charge in [0.2, 0.25) is 0 Å². The first-order valence-corrected chi connectivity index (χ1v) is 15.7. The molecular weight excluding hydrogens is 416 g/mol. The van der Waals surface area contributed by atoms with E-state index in [9.17, 15) is 9.90 Å². The Bertz CT molecular complexity index is 444. The lowest BCUT2D eigenvalue weighted by atomic mass is 9.64. The predicted molar refractivity (Wildman–Crippen MR) is 152 cm³/mol. The van der Waals surface area contributed by atoms with Crippen LogP contribution in [0, 0.1) is 17.3 Å². The Labute approximate surface area is 215 Å². The fourth-order valence-corrected chi connectivity index (χ4v) is 5.95. The van der Waals surface area contributed by atoms with Crippen molar-refractivity contribution in [3.8, 4) is 0 Å². The van der Waals surface area contributed by atoms with Gasteiger partial charge in [-0.2, -0.15) is 0 Å². The highest BCUT2D eigenvalue weighted by Gasteiger charge is 2.45. The van der Waals surface area contributed by atoms with Crippen LogP contribution in [-0.2, 0) is 4.79 Å². The molecule has 0 aliphatic heterocycles. The summed E-state index contributed by atoms with van der Waals surface area (Å²) in [4.78, 5) is 12.5. The van der Waals surface area contributed by atoms with Crippen molar-refractivity contribution in [2.45, 2.75) is 182 Å². The third-order valence-electron chi connectivity index (χ3n) is 8.49. The van der Waals surface area contributed by atoms with Gasteiger partial charge in [0.05, 0.1) is 5.41 Å². The molecule has 0 aromatic heterocycles. The van der Waals surface area contributed by atoms with Crippen LogP contribution in [0.15, 0.2) is 0 Å². The lowest BCUT2D eigenvalue weighted by Gasteiger charge is -2.39. The van der Waals surface area contributed by atoms with Crippen molar-refractivity contribution in [2.75, 3.05) is 0 Å². The molecule has 0 heterocycles. The monoisotopic (exact) mass is 480 g/mol. The molecule has 0 spiro atoms. The zero-order valence-corrected chi connectivity index (χ0v) is 24.3. The highest BCUT2D eigenvalue weighted by atomic mass is 16.4. The van der Waals surface area contributed by atoms with Gasteiger partial charge < -0.3 is 5.11 Å². The van der Waals surface area contributed by atoms with E-state index in [1.54, 1.807) is 0 Å². The van der Waals surface area contributed by atoms with Crippen molar-refractivity contribution in [1.29, 1.82) is 0 Å². The minimum absolute atomic E-state index is 0.200. The predicted octanol–water partition coefficient (Wildman–Crippen LogP) is 11.4. The van der Waals surface area contributed by atoms with Gasteiger partial charge in [-0.1, -0.05) is 169 Å². The highest BCUT2D eigenvalue weighted by Crippen LogP contribution is 2.43. The van der Waals surface area contributed by atoms with E-state index in [1.165, 1.54) is 128 Å². The fourth-order valence-electron chi connectivity index (χ4n) is 5.95. The van der Waals surface area contributed by atoms with E-state index in [4.69, 9.17) is 0 Å². The number of hydrogen-bond acceptors (Lipinski definition) is 1. The molecule has 0 rings (SSSR count). The second-order valence-electron chi connectivity index (χ2n) is 11.7. The van der Waals surface area contributed by atoms with Gasteiger partial charge in [-0.25, -0.2) is 0 Å². The molecule has 2 unspecified atom stereocenters. The molecule has 1 N–H and O–H groups in total. The third kappa shape index (κ3) is 15.5. The SMILES string of the molecule is CCCCCCCCCCCCCCCC(C)C(CCCCCCCCCC)(C(=O)O)C(C)C. The summed E-state index contributed by atoms with van der Waals surface area (Å²) in [6.45, 7) is 11.0. The van der Waals surface area contributed by atoms with Crippen LogP contribution in [0.2, 0.25) is 0 Å². The fraction of sp³-hybridized carbons (Fsp3) is 0.969. The van der Waals surface area contributed by atoms with Crippen LogP contribution in [0.3, 0.4) is 0 Å². The maximum Gasteiger partial charge on any atom is 0.310 e. The molecule has 0 aliphatic rings. The first-order valence-electron chi connectivity index (χ1n) is 15.7. The Morgan fingerprint density at radius 2 is 0.882 bits per heavy atom. The third-order valence-corrected chi connectivity index (χ3v) is 8.49. The molecule has 0 aromatic rings. The molecular formula is C32H64O2. The molecule has 0 fully saturated rings. The van der Waals surface area contributed by atoms with Gasteiger partial charge in [0.25, 0.3) is 0 Å². The van der Waals surface area contributed by atoms with E-state index >= 15 is 0 Å². The van der Waals surface area contributed by atoms with Crippen molar-refractivity contribution in [1.82, 2.24) is 0 Å². The number of rotatable bonds is 26. The number of unbranched alkanes of at least 4 members (excludes halogenated alkanes) is 19. The van der Waals surface area contributed by atoms with Crippen molar-refractivity contribution in [3.05, 3.63) is 0 Å². The van der Waals surface area contributed by atoms with E-state index in [0.29, 0.717) is 0 Å². The molecule has 0 aliphatic carbocycles. The van der Waals surface area contributed by atoms with Gasteiger partial charge in [0, 0.05) is 0 Å². The maximum atomic E-state index is 12.5. The maximum absolute atomic E-state index is 12.5. The van der Waals surface area contributed by atoms with Crippen LogP contribution < -0.4 is 0 Å². The Balaban J connectivity index is 4.08. The first-order chi connectivity index (χ1) is 16.4. The van der Waals surface area contributed by atoms with Crippen LogP contribution in [-0.4, -0.2) is 11.1 Å². The van der Waals surface area contributed by atoms with Crippen molar-refractivity contribution < 1.29 is 9.90 Å². The summed E-state index contributed by atoms with van der Waals surface area (Å²) in [5, 5.41) is 10.3. The van der Waals surface area contributed by atoms with E-state index in [0.717, 1.165) is 19.3 Å². The van der Waals surface area contributed by atoms with E-state index in [1.807, 2.05) is 0 Å². The summed E-state index contributed by atoms with van der Waals surface area (Å²) < 4.78 is 0. The van der Waals surface area contributed by atoms with Crippen LogP contribution in [0.5, 0.6) is 0 Å². The molecule has 0 saturated heterocycles. The largest absolute Gasteiger partial charge is 0.481 e. The van der Waals surface area contributed by atoms with Crippen LogP contribution in [0.25, 0.3) is 0 Å². The molecule has 2 nitrogen and oxygen atoms in total. The number of carboxylic acids is 1. The molecule has 2 heteroatoms. The van der Waals surface area contributed by atoms with Gasteiger partial charge >= 0.3 is 5.97 Å². The summed E-state index contributed by atoms with van der Waals surface area (Å²) in [5.74, 6) is -0.0820. The van der Waals surface area contributed by atoms with Gasteiger partial charge in [-0.05, 0) is 24.7 Å². The van der Waals surface area contributed by atoms with Gasteiger partial charge in [0.15, 0.2) is 0 Å². The number of hydrogen-bond donors (Lipinski definition) is 1. The van der Waals surface area contributed by atoms with Crippen molar-refractivity contribution in [2.24, 2.45) is 17.3 Å².